The molecule has 0 saturated heterocycles. The largest absolute Gasteiger partial charge is 0.478 e. The zero-order chi connectivity index (χ0) is 18.5. The fourth-order valence-corrected chi connectivity index (χ4v) is 2.20. The number of benzene rings is 3. The van der Waals surface area contributed by atoms with E-state index in [-0.39, 0.29) is 35.9 Å². The van der Waals surface area contributed by atoms with Gasteiger partial charge in [0.1, 0.15) is 11.5 Å². The summed E-state index contributed by atoms with van der Waals surface area (Å²) in [7, 11) is 0. The summed E-state index contributed by atoms with van der Waals surface area (Å²) in [6.45, 7) is 0. The van der Waals surface area contributed by atoms with E-state index >= 15 is 0 Å². The van der Waals surface area contributed by atoms with Crippen molar-refractivity contribution in [2.75, 3.05) is 0 Å². The van der Waals surface area contributed by atoms with Gasteiger partial charge in [0.15, 0.2) is 11.5 Å². The Balaban J connectivity index is 0.00000196. The van der Waals surface area contributed by atoms with Crippen LogP contribution in [0.2, 0.25) is 0 Å². The van der Waals surface area contributed by atoms with E-state index in [1.807, 2.05) is 0 Å². The molecule has 0 heterocycles. The van der Waals surface area contributed by atoms with E-state index in [4.69, 9.17) is 19.7 Å². The van der Waals surface area contributed by atoms with Crippen LogP contribution >= 0.6 is 24.8 Å². The van der Waals surface area contributed by atoms with Gasteiger partial charge in [0, 0.05) is 0 Å². The Morgan fingerprint density at radius 1 is 0.571 bits per heavy atom. The highest BCUT2D eigenvalue weighted by Gasteiger charge is 2.09. The van der Waals surface area contributed by atoms with Crippen molar-refractivity contribution in [2.24, 2.45) is 0 Å². The number of ether oxygens (including phenoxy) is 2. The first-order valence-electron chi connectivity index (χ1n) is 7.64. The van der Waals surface area contributed by atoms with Crippen molar-refractivity contribution in [2.45, 2.75) is 0 Å². The number of carboxylic acids is 2. The molecule has 6 nitrogen and oxygen atoms in total. The summed E-state index contributed by atoms with van der Waals surface area (Å²) in [5.41, 5.74) is 0.334. The molecule has 0 atom stereocenters. The molecule has 3 aromatic carbocycles. The normalized spacial score (nSPS) is 9.43. The average molecular weight is 423 g/mol. The fourth-order valence-electron chi connectivity index (χ4n) is 2.20. The van der Waals surface area contributed by atoms with Gasteiger partial charge >= 0.3 is 11.9 Å². The minimum Gasteiger partial charge on any atom is -0.478 e. The molecular weight excluding hydrogens is 407 g/mol. The van der Waals surface area contributed by atoms with E-state index in [2.05, 4.69) is 0 Å². The van der Waals surface area contributed by atoms with E-state index in [1.54, 1.807) is 48.5 Å². The standard InChI is InChI=1S/C20H14O6.2ClH/c21-19(22)13-5-9-15(10-6-13)25-17-3-1-2-4-18(17)26-16-11-7-14(8-12-16)20(23)24;;/h1-12H,(H,21,22)(H,23,24);2*1H. The van der Waals surface area contributed by atoms with Gasteiger partial charge in [-0.2, -0.15) is 0 Å². The highest BCUT2D eigenvalue weighted by Crippen LogP contribution is 2.34. The zero-order valence-electron chi connectivity index (χ0n) is 14.3. The molecule has 2 N–H and O–H groups in total. The Morgan fingerprint density at radius 2 is 0.893 bits per heavy atom. The van der Waals surface area contributed by atoms with Crippen LogP contribution in [0.5, 0.6) is 23.0 Å². The van der Waals surface area contributed by atoms with Crippen LogP contribution in [0.15, 0.2) is 72.8 Å². The Hall–Kier alpha value is -3.22. The Labute approximate surface area is 173 Å². The van der Waals surface area contributed by atoms with Crippen molar-refractivity contribution in [3.63, 3.8) is 0 Å². The third-order valence-corrected chi connectivity index (χ3v) is 3.51. The number of rotatable bonds is 6. The summed E-state index contributed by atoms with van der Waals surface area (Å²) in [5, 5.41) is 17.9. The first-order chi connectivity index (χ1) is 12.5. The minimum atomic E-state index is -1.01. The molecule has 0 unspecified atom stereocenters. The topological polar surface area (TPSA) is 93.1 Å². The molecule has 3 rings (SSSR count). The molecular formula is C20H16Cl2O6. The van der Waals surface area contributed by atoms with Crippen molar-refractivity contribution in [1.82, 2.24) is 0 Å². The molecule has 0 saturated carbocycles. The first kappa shape index (κ1) is 22.8. The summed E-state index contributed by atoms with van der Waals surface area (Å²) in [6.07, 6.45) is 0. The van der Waals surface area contributed by atoms with Crippen LogP contribution in [0.3, 0.4) is 0 Å². The number of para-hydroxylation sites is 2. The molecule has 146 valence electrons. The summed E-state index contributed by atoms with van der Waals surface area (Å²) in [6, 6.07) is 19.0. The summed E-state index contributed by atoms with van der Waals surface area (Å²) in [4.78, 5) is 21.8. The Kier molecular flexibility index (Phi) is 8.31. The predicted molar refractivity (Wildman–Crippen MR) is 108 cm³/mol. The molecule has 28 heavy (non-hydrogen) atoms. The molecule has 0 aromatic heterocycles. The van der Waals surface area contributed by atoms with E-state index in [1.165, 1.54) is 24.3 Å². The zero-order valence-corrected chi connectivity index (χ0v) is 15.9. The maximum Gasteiger partial charge on any atom is 0.335 e. The highest BCUT2D eigenvalue weighted by atomic mass is 35.5. The van der Waals surface area contributed by atoms with Gasteiger partial charge in [-0.1, -0.05) is 12.1 Å². The fraction of sp³-hybridized carbons (Fsp3) is 0. The van der Waals surface area contributed by atoms with Gasteiger partial charge in [-0.15, -0.1) is 24.8 Å². The van der Waals surface area contributed by atoms with Crippen molar-refractivity contribution < 1.29 is 29.3 Å². The predicted octanol–water partition coefficient (Wildman–Crippen LogP) is 5.51. The summed E-state index contributed by atoms with van der Waals surface area (Å²) < 4.78 is 11.5. The molecule has 0 fully saturated rings. The van der Waals surface area contributed by atoms with Crippen LogP contribution in [0.25, 0.3) is 0 Å². The van der Waals surface area contributed by atoms with E-state index < -0.39 is 11.9 Å². The minimum absolute atomic E-state index is 0. The average Bonchev–Trinajstić information content (AvgIpc) is 2.64. The number of aromatic carboxylic acids is 2. The number of halogens is 2. The Bertz CT molecular complexity index is 861. The highest BCUT2D eigenvalue weighted by molar-refractivity contribution is 5.88. The van der Waals surface area contributed by atoms with Gasteiger partial charge in [0.25, 0.3) is 0 Å². The van der Waals surface area contributed by atoms with Crippen molar-refractivity contribution in [1.29, 1.82) is 0 Å². The lowest BCUT2D eigenvalue weighted by Gasteiger charge is -2.12. The molecule has 8 heteroatoms. The van der Waals surface area contributed by atoms with Gasteiger partial charge in [-0.25, -0.2) is 9.59 Å². The van der Waals surface area contributed by atoms with Crippen molar-refractivity contribution in [3.05, 3.63) is 83.9 Å². The molecule has 0 bridgehead atoms. The van der Waals surface area contributed by atoms with Crippen LogP contribution in [-0.4, -0.2) is 22.2 Å². The van der Waals surface area contributed by atoms with Crippen LogP contribution < -0.4 is 9.47 Å². The molecule has 0 aliphatic rings. The molecule has 3 aromatic rings. The maximum atomic E-state index is 10.9. The first-order valence-corrected chi connectivity index (χ1v) is 7.64. The van der Waals surface area contributed by atoms with Gasteiger partial charge in [0.2, 0.25) is 0 Å². The number of hydrogen-bond acceptors (Lipinski definition) is 4. The quantitative estimate of drug-likeness (QED) is 0.543. The number of carbonyl (C=O) groups is 2. The van der Waals surface area contributed by atoms with Gasteiger partial charge in [-0.05, 0) is 60.7 Å². The molecule has 0 aliphatic carbocycles. The van der Waals surface area contributed by atoms with E-state index in [9.17, 15) is 9.59 Å². The second kappa shape index (κ2) is 10.2. The lowest BCUT2D eigenvalue weighted by atomic mass is 10.2. The summed E-state index contributed by atoms with van der Waals surface area (Å²) >= 11 is 0. The van der Waals surface area contributed by atoms with Gasteiger partial charge in [0.05, 0.1) is 11.1 Å². The van der Waals surface area contributed by atoms with Gasteiger partial charge < -0.3 is 19.7 Å². The second-order valence-electron chi connectivity index (χ2n) is 5.31. The van der Waals surface area contributed by atoms with Crippen LogP contribution in [0.4, 0.5) is 0 Å². The van der Waals surface area contributed by atoms with Crippen LogP contribution in [-0.2, 0) is 0 Å². The lowest BCUT2D eigenvalue weighted by molar-refractivity contribution is 0.0686. The third kappa shape index (κ3) is 5.64. The maximum absolute atomic E-state index is 10.9. The van der Waals surface area contributed by atoms with Crippen LogP contribution in [0.1, 0.15) is 20.7 Å². The lowest BCUT2D eigenvalue weighted by Crippen LogP contribution is -1.96. The van der Waals surface area contributed by atoms with E-state index in [0.717, 1.165) is 0 Å². The number of hydrogen-bond donors (Lipinski definition) is 2. The summed E-state index contributed by atoms with van der Waals surface area (Å²) in [5.74, 6) is -0.203. The van der Waals surface area contributed by atoms with Crippen molar-refractivity contribution >= 4 is 36.8 Å². The smallest absolute Gasteiger partial charge is 0.335 e. The van der Waals surface area contributed by atoms with Crippen molar-refractivity contribution in [3.8, 4) is 23.0 Å². The second-order valence-corrected chi connectivity index (χ2v) is 5.31. The molecule has 0 spiro atoms. The number of carboxylic acid groups (broad SMARTS) is 2. The molecule has 0 amide bonds. The van der Waals surface area contributed by atoms with Gasteiger partial charge in [-0.3, -0.25) is 0 Å². The van der Waals surface area contributed by atoms with E-state index in [0.29, 0.717) is 23.0 Å². The Morgan fingerprint density at radius 3 is 1.18 bits per heavy atom. The van der Waals surface area contributed by atoms with Crippen LogP contribution in [0, 0.1) is 0 Å². The third-order valence-electron chi connectivity index (χ3n) is 3.51. The monoisotopic (exact) mass is 422 g/mol. The SMILES string of the molecule is Cl.Cl.O=C(O)c1ccc(Oc2ccccc2Oc2ccc(C(=O)O)cc2)cc1. The molecule has 0 radical (unpaired) electrons. The molecule has 0 aliphatic heterocycles.